The molecule has 0 spiro atoms. The molecule has 0 bridgehead atoms. The second-order valence-electron chi connectivity index (χ2n) is 4.59. The summed E-state index contributed by atoms with van der Waals surface area (Å²) in [6.45, 7) is 3.84. The summed E-state index contributed by atoms with van der Waals surface area (Å²) < 4.78 is 13.7. The average Bonchev–Trinajstić information content (AvgIpc) is 2.39. The van der Waals surface area contributed by atoms with Gasteiger partial charge in [0.2, 0.25) is 0 Å². The summed E-state index contributed by atoms with van der Waals surface area (Å²) >= 11 is 0. The van der Waals surface area contributed by atoms with Crippen molar-refractivity contribution in [2.24, 2.45) is 0 Å². The third-order valence-corrected chi connectivity index (χ3v) is 3.06. The predicted molar refractivity (Wildman–Crippen MR) is 72.8 cm³/mol. The molecule has 0 aliphatic heterocycles. The minimum atomic E-state index is -0.463. The Balaban J connectivity index is 2.15. The van der Waals surface area contributed by atoms with Gasteiger partial charge in [-0.15, -0.1) is 0 Å². The number of halogens is 1. The lowest BCUT2D eigenvalue weighted by Gasteiger charge is -2.04. The molecule has 2 nitrogen and oxygen atoms in total. The van der Waals surface area contributed by atoms with Gasteiger partial charge in [0.25, 0.3) is 0 Å². The van der Waals surface area contributed by atoms with Crippen molar-refractivity contribution in [2.75, 3.05) is 0 Å². The van der Waals surface area contributed by atoms with E-state index in [1.807, 2.05) is 19.1 Å². The van der Waals surface area contributed by atoms with Crippen LogP contribution in [0.15, 0.2) is 36.5 Å². The summed E-state index contributed by atoms with van der Waals surface area (Å²) in [6, 6.07) is 8.42. The SMILES string of the molecule is CCc1ccc(CC(=O)c2ccc(C)cc2F)nc1. The lowest BCUT2D eigenvalue weighted by molar-refractivity contribution is 0.0988. The fraction of sp³-hybridized carbons (Fsp3) is 0.250. The average molecular weight is 257 g/mol. The highest BCUT2D eigenvalue weighted by molar-refractivity contribution is 5.97. The number of aromatic nitrogens is 1. The number of benzene rings is 1. The third kappa shape index (κ3) is 3.25. The summed E-state index contributed by atoms with van der Waals surface area (Å²) in [5.41, 5.74) is 2.73. The quantitative estimate of drug-likeness (QED) is 0.784. The van der Waals surface area contributed by atoms with Gasteiger partial charge in [0.15, 0.2) is 5.78 Å². The maximum atomic E-state index is 13.7. The molecule has 0 amide bonds. The van der Waals surface area contributed by atoms with E-state index < -0.39 is 5.82 Å². The zero-order valence-corrected chi connectivity index (χ0v) is 11.1. The second-order valence-corrected chi connectivity index (χ2v) is 4.59. The summed E-state index contributed by atoms with van der Waals surface area (Å²) in [6.07, 6.45) is 2.80. The fourth-order valence-corrected chi connectivity index (χ4v) is 1.87. The molecule has 0 saturated heterocycles. The number of hydrogen-bond acceptors (Lipinski definition) is 2. The van der Waals surface area contributed by atoms with Gasteiger partial charge in [0.05, 0.1) is 12.0 Å². The summed E-state index contributed by atoms with van der Waals surface area (Å²) in [7, 11) is 0. The Hall–Kier alpha value is -2.03. The molecule has 0 atom stereocenters. The van der Waals surface area contributed by atoms with Gasteiger partial charge in [-0.3, -0.25) is 9.78 Å². The van der Waals surface area contributed by atoms with Gasteiger partial charge in [0, 0.05) is 11.9 Å². The molecular weight excluding hydrogens is 241 g/mol. The van der Waals surface area contributed by atoms with Crippen molar-refractivity contribution in [3.8, 4) is 0 Å². The van der Waals surface area contributed by atoms with Crippen LogP contribution < -0.4 is 0 Å². The van der Waals surface area contributed by atoms with Crippen LogP contribution in [0.4, 0.5) is 4.39 Å². The lowest BCUT2D eigenvalue weighted by atomic mass is 10.0. The van der Waals surface area contributed by atoms with Gasteiger partial charge >= 0.3 is 0 Å². The minimum Gasteiger partial charge on any atom is -0.294 e. The summed E-state index contributed by atoms with van der Waals surface area (Å²) in [4.78, 5) is 16.2. The number of aryl methyl sites for hydroxylation is 2. The Kier molecular flexibility index (Phi) is 4.05. The highest BCUT2D eigenvalue weighted by atomic mass is 19.1. The molecule has 1 aromatic carbocycles. The van der Waals surface area contributed by atoms with Crippen molar-refractivity contribution >= 4 is 5.78 Å². The van der Waals surface area contributed by atoms with Crippen molar-refractivity contribution in [2.45, 2.75) is 26.7 Å². The zero-order chi connectivity index (χ0) is 13.8. The number of pyridine rings is 1. The van der Waals surface area contributed by atoms with Crippen LogP contribution in [0.2, 0.25) is 0 Å². The third-order valence-electron chi connectivity index (χ3n) is 3.06. The van der Waals surface area contributed by atoms with E-state index in [1.54, 1.807) is 19.2 Å². The molecule has 19 heavy (non-hydrogen) atoms. The molecule has 2 aromatic rings. The molecule has 0 N–H and O–H groups in total. The van der Waals surface area contributed by atoms with Crippen molar-refractivity contribution in [1.29, 1.82) is 0 Å². The van der Waals surface area contributed by atoms with Gasteiger partial charge in [-0.1, -0.05) is 19.1 Å². The van der Waals surface area contributed by atoms with Crippen LogP contribution in [0.25, 0.3) is 0 Å². The van der Waals surface area contributed by atoms with E-state index in [0.29, 0.717) is 5.69 Å². The number of rotatable bonds is 4. The van der Waals surface area contributed by atoms with Crippen molar-refractivity contribution in [1.82, 2.24) is 4.98 Å². The van der Waals surface area contributed by atoms with E-state index >= 15 is 0 Å². The molecule has 0 radical (unpaired) electrons. The van der Waals surface area contributed by atoms with Crippen molar-refractivity contribution < 1.29 is 9.18 Å². The van der Waals surface area contributed by atoms with Gasteiger partial charge in [-0.25, -0.2) is 4.39 Å². The maximum absolute atomic E-state index is 13.7. The molecule has 2 rings (SSSR count). The number of ketones is 1. The largest absolute Gasteiger partial charge is 0.294 e. The van der Waals surface area contributed by atoms with E-state index in [9.17, 15) is 9.18 Å². The van der Waals surface area contributed by atoms with E-state index in [-0.39, 0.29) is 17.8 Å². The first-order valence-corrected chi connectivity index (χ1v) is 6.33. The Morgan fingerprint density at radius 3 is 2.63 bits per heavy atom. The molecular formula is C16H16FNO. The zero-order valence-electron chi connectivity index (χ0n) is 11.1. The number of Topliss-reactive ketones (excluding diaryl/α,β-unsaturated/α-hetero) is 1. The molecule has 98 valence electrons. The fourth-order valence-electron chi connectivity index (χ4n) is 1.87. The van der Waals surface area contributed by atoms with Crippen LogP contribution in [-0.4, -0.2) is 10.8 Å². The summed E-state index contributed by atoms with van der Waals surface area (Å²) in [5.74, 6) is -0.704. The monoisotopic (exact) mass is 257 g/mol. The minimum absolute atomic E-state index is 0.129. The highest BCUT2D eigenvalue weighted by Crippen LogP contribution is 2.13. The number of nitrogens with zero attached hydrogens (tertiary/aromatic N) is 1. The van der Waals surface area contributed by atoms with Crippen LogP contribution in [-0.2, 0) is 12.8 Å². The Morgan fingerprint density at radius 2 is 2.05 bits per heavy atom. The molecule has 0 aliphatic carbocycles. The van der Waals surface area contributed by atoms with E-state index in [1.165, 1.54) is 12.1 Å². The van der Waals surface area contributed by atoms with Gasteiger partial charge in [-0.2, -0.15) is 0 Å². The van der Waals surface area contributed by atoms with Crippen LogP contribution in [0, 0.1) is 12.7 Å². The van der Waals surface area contributed by atoms with Crippen molar-refractivity contribution in [3.05, 3.63) is 64.7 Å². The first-order chi connectivity index (χ1) is 9.10. The predicted octanol–water partition coefficient (Wildman–Crippen LogP) is 3.52. The standard InChI is InChI=1S/C16H16FNO/c1-3-12-5-6-13(18-10-12)9-16(19)14-7-4-11(2)8-15(14)17/h4-8,10H,3,9H2,1-2H3. The number of carbonyl (C=O) groups is 1. The smallest absolute Gasteiger partial charge is 0.171 e. The summed E-state index contributed by atoms with van der Waals surface area (Å²) in [5, 5.41) is 0. The van der Waals surface area contributed by atoms with Crippen LogP contribution in [0.3, 0.4) is 0 Å². The molecule has 3 heteroatoms. The van der Waals surface area contributed by atoms with Gasteiger partial charge in [0.1, 0.15) is 5.82 Å². The van der Waals surface area contributed by atoms with Gasteiger partial charge in [-0.05, 0) is 42.7 Å². The van der Waals surface area contributed by atoms with Gasteiger partial charge < -0.3 is 0 Å². The van der Waals surface area contributed by atoms with Crippen molar-refractivity contribution in [3.63, 3.8) is 0 Å². The van der Waals surface area contributed by atoms with Crippen LogP contribution >= 0.6 is 0 Å². The number of carbonyl (C=O) groups excluding carboxylic acids is 1. The molecule has 0 fully saturated rings. The van der Waals surface area contributed by atoms with E-state index in [4.69, 9.17) is 0 Å². The number of hydrogen-bond donors (Lipinski definition) is 0. The molecule has 0 saturated carbocycles. The topological polar surface area (TPSA) is 30.0 Å². The van der Waals surface area contributed by atoms with E-state index in [2.05, 4.69) is 4.98 Å². The molecule has 0 aliphatic rings. The Labute approximate surface area is 112 Å². The first-order valence-electron chi connectivity index (χ1n) is 6.33. The molecule has 1 heterocycles. The Morgan fingerprint density at radius 1 is 1.26 bits per heavy atom. The first kappa shape index (κ1) is 13.4. The van der Waals surface area contributed by atoms with Crippen LogP contribution in [0.5, 0.6) is 0 Å². The molecule has 0 unspecified atom stereocenters. The maximum Gasteiger partial charge on any atom is 0.171 e. The highest BCUT2D eigenvalue weighted by Gasteiger charge is 2.12. The molecule has 1 aromatic heterocycles. The van der Waals surface area contributed by atoms with E-state index in [0.717, 1.165) is 17.5 Å². The second kappa shape index (κ2) is 5.74. The normalized spacial score (nSPS) is 10.5. The lowest BCUT2D eigenvalue weighted by Crippen LogP contribution is -2.07. The van der Waals surface area contributed by atoms with Crippen LogP contribution in [0.1, 0.15) is 34.1 Å². The Bertz CT molecular complexity index is 590.